The lowest BCUT2D eigenvalue weighted by Gasteiger charge is -2.26. The summed E-state index contributed by atoms with van der Waals surface area (Å²) in [6.45, 7) is 1.93. The van der Waals surface area contributed by atoms with Crippen LogP contribution in [0.15, 0.2) is 58.0 Å². The molecule has 2 heterocycles. The first kappa shape index (κ1) is 15.3. The van der Waals surface area contributed by atoms with Gasteiger partial charge in [-0.3, -0.25) is 9.79 Å². The average Bonchev–Trinajstić information content (AvgIpc) is 3.28. The quantitative estimate of drug-likeness (QED) is 0.905. The van der Waals surface area contributed by atoms with Crippen molar-refractivity contribution in [3.8, 4) is 0 Å². The van der Waals surface area contributed by atoms with Gasteiger partial charge >= 0.3 is 0 Å². The van der Waals surface area contributed by atoms with E-state index in [1.165, 1.54) is 12.1 Å². The standard InChI is InChI=1S/C19H17FN2OS/c1-11-16(18(23)13-4-5-13)17(12-6-8-14(20)9-7-12)22-19(21-11)15-3-2-10-24-15/h2-3,6-10,13,17H,4-5H2,1H3,(H,21,22). The highest BCUT2D eigenvalue weighted by molar-refractivity contribution is 7.12. The van der Waals surface area contributed by atoms with Crippen molar-refractivity contribution >= 4 is 23.0 Å². The van der Waals surface area contributed by atoms with Gasteiger partial charge in [0.1, 0.15) is 17.7 Å². The highest BCUT2D eigenvalue weighted by Crippen LogP contribution is 2.40. The first-order chi connectivity index (χ1) is 11.6. The van der Waals surface area contributed by atoms with Gasteiger partial charge in [-0.05, 0) is 48.9 Å². The Morgan fingerprint density at radius 3 is 2.62 bits per heavy atom. The van der Waals surface area contributed by atoms with Crippen molar-refractivity contribution in [1.82, 2.24) is 5.32 Å². The molecule has 1 fully saturated rings. The number of benzene rings is 1. The maximum absolute atomic E-state index is 13.3. The molecule has 122 valence electrons. The van der Waals surface area contributed by atoms with Crippen molar-refractivity contribution in [3.05, 3.63) is 69.3 Å². The van der Waals surface area contributed by atoms with Crippen molar-refractivity contribution in [3.63, 3.8) is 0 Å². The van der Waals surface area contributed by atoms with E-state index < -0.39 is 0 Å². The zero-order valence-corrected chi connectivity index (χ0v) is 14.1. The molecular formula is C19H17FN2OS. The second-order valence-electron chi connectivity index (χ2n) is 6.21. The van der Waals surface area contributed by atoms with Crippen LogP contribution in [0.25, 0.3) is 0 Å². The number of amidine groups is 1. The Hall–Kier alpha value is -2.27. The number of carbonyl (C=O) groups is 1. The molecule has 1 atom stereocenters. The van der Waals surface area contributed by atoms with Gasteiger partial charge in [0.05, 0.1) is 4.88 Å². The second-order valence-corrected chi connectivity index (χ2v) is 7.16. The number of nitrogens with zero attached hydrogens (tertiary/aromatic N) is 1. The van der Waals surface area contributed by atoms with Crippen molar-refractivity contribution in [1.29, 1.82) is 0 Å². The zero-order valence-electron chi connectivity index (χ0n) is 13.3. The minimum Gasteiger partial charge on any atom is -0.343 e. The van der Waals surface area contributed by atoms with Crippen LogP contribution in [0, 0.1) is 11.7 Å². The van der Waals surface area contributed by atoms with E-state index >= 15 is 0 Å². The fourth-order valence-corrected chi connectivity index (χ4v) is 3.66. The number of ketones is 1. The summed E-state index contributed by atoms with van der Waals surface area (Å²) >= 11 is 1.60. The van der Waals surface area contributed by atoms with Gasteiger partial charge in [-0.1, -0.05) is 18.2 Å². The van der Waals surface area contributed by atoms with Crippen molar-refractivity contribution in [2.24, 2.45) is 10.9 Å². The highest BCUT2D eigenvalue weighted by atomic mass is 32.1. The van der Waals surface area contributed by atoms with Gasteiger partial charge in [-0.15, -0.1) is 11.3 Å². The third-order valence-electron chi connectivity index (χ3n) is 4.40. The number of Topliss-reactive ketones (excluding diaryl/α,β-unsaturated/α-hetero) is 1. The SMILES string of the molecule is CC1=C(C(=O)C2CC2)C(c2ccc(F)cc2)N=C(c2cccs2)N1. The summed E-state index contributed by atoms with van der Waals surface area (Å²) < 4.78 is 13.3. The third-order valence-corrected chi connectivity index (χ3v) is 5.27. The molecule has 0 amide bonds. The van der Waals surface area contributed by atoms with Crippen molar-refractivity contribution in [2.75, 3.05) is 0 Å². The summed E-state index contributed by atoms with van der Waals surface area (Å²) in [5, 5.41) is 5.29. The molecule has 2 aromatic rings. The minimum absolute atomic E-state index is 0.123. The molecule has 1 saturated carbocycles. The van der Waals surface area contributed by atoms with E-state index in [1.807, 2.05) is 24.4 Å². The third kappa shape index (κ3) is 2.80. The molecule has 1 N–H and O–H groups in total. The molecule has 5 heteroatoms. The average molecular weight is 340 g/mol. The van der Waals surface area contributed by atoms with Gasteiger partial charge in [0.2, 0.25) is 0 Å². The molecule has 1 aromatic carbocycles. The Morgan fingerprint density at radius 1 is 1.25 bits per heavy atom. The monoisotopic (exact) mass is 340 g/mol. The first-order valence-electron chi connectivity index (χ1n) is 8.02. The van der Waals surface area contributed by atoms with Crippen LogP contribution in [-0.2, 0) is 4.79 Å². The normalized spacial score (nSPS) is 20.6. The number of allylic oxidation sites excluding steroid dienone is 1. The molecule has 2 aliphatic rings. The van der Waals surface area contributed by atoms with Crippen LogP contribution in [0.5, 0.6) is 0 Å². The van der Waals surface area contributed by atoms with E-state index in [0.717, 1.165) is 34.8 Å². The van der Waals surface area contributed by atoms with Gasteiger partial charge in [0, 0.05) is 17.2 Å². The van der Waals surface area contributed by atoms with Crippen LogP contribution < -0.4 is 5.32 Å². The summed E-state index contributed by atoms with van der Waals surface area (Å²) in [5.41, 5.74) is 2.40. The Balaban J connectivity index is 1.79. The van der Waals surface area contributed by atoms with Crippen LogP contribution in [0.4, 0.5) is 4.39 Å². The number of hydrogen-bond acceptors (Lipinski definition) is 4. The molecular weight excluding hydrogens is 323 g/mol. The Morgan fingerprint density at radius 2 is 2.00 bits per heavy atom. The minimum atomic E-state index is -0.378. The largest absolute Gasteiger partial charge is 0.343 e. The van der Waals surface area contributed by atoms with Crippen LogP contribution in [0.3, 0.4) is 0 Å². The summed E-state index contributed by atoms with van der Waals surface area (Å²) in [7, 11) is 0. The van der Waals surface area contributed by atoms with E-state index in [9.17, 15) is 9.18 Å². The lowest BCUT2D eigenvalue weighted by atomic mass is 9.91. The van der Waals surface area contributed by atoms with E-state index in [0.29, 0.717) is 5.57 Å². The molecule has 1 unspecified atom stereocenters. The number of aliphatic imine (C=N–C) groups is 1. The topological polar surface area (TPSA) is 41.5 Å². The van der Waals surface area contributed by atoms with Crippen LogP contribution >= 0.6 is 11.3 Å². The lowest BCUT2D eigenvalue weighted by molar-refractivity contribution is -0.117. The number of thiophene rings is 1. The molecule has 0 spiro atoms. The molecule has 1 aromatic heterocycles. The zero-order chi connectivity index (χ0) is 16.7. The predicted octanol–water partition coefficient (Wildman–Crippen LogP) is 4.23. The van der Waals surface area contributed by atoms with Gasteiger partial charge < -0.3 is 5.32 Å². The lowest BCUT2D eigenvalue weighted by Crippen LogP contribution is -2.32. The van der Waals surface area contributed by atoms with E-state index in [-0.39, 0.29) is 23.6 Å². The Labute approximate surface area is 143 Å². The summed E-state index contributed by atoms with van der Waals surface area (Å²) in [4.78, 5) is 18.6. The van der Waals surface area contributed by atoms with Gasteiger partial charge in [-0.25, -0.2) is 4.39 Å². The van der Waals surface area contributed by atoms with Crippen LogP contribution in [0.1, 0.15) is 36.2 Å². The molecule has 4 rings (SSSR count). The summed E-state index contributed by atoms with van der Waals surface area (Å²) in [6.07, 6.45) is 1.90. The Bertz CT molecular complexity index is 833. The van der Waals surface area contributed by atoms with Gasteiger partial charge in [0.15, 0.2) is 5.78 Å². The van der Waals surface area contributed by atoms with Gasteiger partial charge in [-0.2, -0.15) is 0 Å². The molecule has 3 nitrogen and oxygen atoms in total. The number of nitrogens with one attached hydrogen (secondary N) is 1. The highest BCUT2D eigenvalue weighted by Gasteiger charge is 2.38. The van der Waals surface area contributed by atoms with Gasteiger partial charge in [0.25, 0.3) is 0 Å². The molecule has 24 heavy (non-hydrogen) atoms. The Kier molecular flexibility index (Phi) is 3.81. The number of hydrogen-bond donors (Lipinski definition) is 1. The fraction of sp³-hybridized carbons (Fsp3) is 0.263. The molecule has 0 radical (unpaired) electrons. The molecule has 0 saturated heterocycles. The van der Waals surface area contributed by atoms with Crippen LogP contribution in [-0.4, -0.2) is 11.6 Å². The smallest absolute Gasteiger partial charge is 0.166 e. The fourth-order valence-electron chi connectivity index (χ4n) is 2.99. The molecule has 1 aliphatic heterocycles. The molecule has 1 aliphatic carbocycles. The maximum atomic E-state index is 13.3. The first-order valence-corrected chi connectivity index (χ1v) is 8.90. The van der Waals surface area contributed by atoms with Crippen LogP contribution in [0.2, 0.25) is 0 Å². The molecule has 0 bridgehead atoms. The summed E-state index contributed by atoms with van der Waals surface area (Å²) in [5.74, 6) is 0.775. The number of carbonyl (C=O) groups excluding carboxylic acids is 1. The van der Waals surface area contributed by atoms with Crippen molar-refractivity contribution < 1.29 is 9.18 Å². The second kappa shape index (κ2) is 5.98. The number of halogens is 1. The van der Waals surface area contributed by atoms with E-state index in [4.69, 9.17) is 4.99 Å². The van der Waals surface area contributed by atoms with E-state index in [2.05, 4.69) is 5.32 Å². The van der Waals surface area contributed by atoms with E-state index in [1.54, 1.807) is 23.5 Å². The van der Waals surface area contributed by atoms with Crippen molar-refractivity contribution in [2.45, 2.75) is 25.8 Å². The predicted molar refractivity (Wildman–Crippen MR) is 93.6 cm³/mol. The number of rotatable bonds is 4. The maximum Gasteiger partial charge on any atom is 0.166 e. The summed E-state index contributed by atoms with van der Waals surface area (Å²) in [6, 6.07) is 9.87.